The highest BCUT2D eigenvalue weighted by Gasteiger charge is 2.00. The third-order valence-electron chi connectivity index (χ3n) is 1.62. The van der Waals surface area contributed by atoms with Crippen molar-refractivity contribution in [1.29, 1.82) is 0 Å². The van der Waals surface area contributed by atoms with E-state index >= 15 is 0 Å². The fourth-order valence-electron chi connectivity index (χ4n) is 1.09. The molecule has 0 radical (unpaired) electrons. The first-order valence-electron chi connectivity index (χ1n) is 3.87. The Morgan fingerprint density at radius 2 is 2.23 bits per heavy atom. The summed E-state index contributed by atoms with van der Waals surface area (Å²) in [6.45, 7) is 0.602. The van der Waals surface area contributed by atoms with Crippen LogP contribution in [0.5, 0.6) is 0 Å². The summed E-state index contributed by atoms with van der Waals surface area (Å²) in [5.74, 6) is 0. The summed E-state index contributed by atoms with van der Waals surface area (Å²) in [4.78, 5) is 1.52. The van der Waals surface area contributed by atoms with Crippen LogP contribution in [0.4, 0.5) is 5.69 Å². The van der Waals surface area contributed by atoms with E-state index in [2.05, 4.69) is 15.3 Å². The lowest BCUT2D eigenvalue weighted by atomic mass is 10.5. The molecule has 13 heavy (non-hydrogen) atoms. The van der Waals surface area contributed by atoms with Gasteiger partial charge in [-0.3, -0.25) is 4.68 Å². The minimum atomic E-state index is 0.602. The van der Waals surface area contributed by atoms with Crippen molar-refractivity contribution in [3.05, 3.63) is 24.3 Å². The number of hydrogen-bond acceptors (Lipinski definition) is 4. The smallest absolute Gasteiger partial charge is 0.104 e. The second-order valence-electron chi connectivity index (χ2n) is 2.80. The average molecular weight is 178 g/mol. The Morgan fingerprint density at radius 1 is 1.38 bits per heavy atom. The van der Waals surface area contributed by atoms with E-state index in [1.165, 1.54) is 4.80 Å². The fourth-order valence-corrected chi connectivity index (χ4v) is 1.09. The van der Waals surface area contributed by atoms with Crippen molar-refractivity contribution in [2.24, 2.45) is 7.05 Å². The van der Waals surface area contributed by atoms with Gasteiger partial charge in [-0.05, 0) is 0 Å². The van der Waals surface area contributed by atoms with E-state index in [1.54, 1.807) is 30.3 Å². The largest absolute Gasteiger partial charge is 0.396 e. The SMILES string of the molecule is Cn1ncc(Cn2cc(N)cn2)n1. The zero-order chi connectivity index (χ0) is 9.26. The van der Waals surface area contributed by atoms with Crippen LogP contribution in [-0.4, -0.2) is 24.8 Å². The highest BCUT2D eigenvalue weighted by Crippen LogP contribution is 2.00. The van der Waals surface area contributed by atoms with E-state index in [1.807, 2.05) is 0 Å². The van der Waals surface area contributed by atoms with Gasteiger partial charge in [0.05, 0.1) is 24.6 Å². The van der Waals surface area contributed by atoms with Crippen molar-refractivity contribution in [2.45, 2.75) is 6.54 Å². The average Bonchev–Trinajstić information content (AvgIpc) is 2.62. The first-order valence-corrected chi connectivity index (χ1v) is 3.87. The minimum absolute atomic E-state index is 0.602. The number of hydrogen-bond donors (Lipinski definition) is 1. The lowest BCUT2D eigenvalue weighted by molar-refractivity contribution is 0.620. The van der Waals surface area contributed by atoms with Gasteiger partial charge in [0, 0.05) is 13.2 Å². The third kappa shape index (κ3) is 1.66. The number of aryl methyl sites for hydroxylation is 1. The molecular weight excluding hydrogens is 168 g/mol. The van der Waals surface area contributed by atoms with E-state index in [4.69, 9.17) is 5.73 Å². The van der Waals surface area contributed by atoms with Crippen LogP contribution < -0.4 is 5.73 Å². The first-order chi connectivity index (χ1) is 6.24. The van der Waals surface area contributed by atoms with Gasteiger partial charge < -0.3 is 5.73 Å². The maximum Gasteiger partial charge on any atom is 0.104 e. The van der Waals surface area contributed by atoms with Crippen molar-refractivity contribution < 1.29 is 0 Å². The van der Waals surface area contributed by atoms with E-state index in [0.29, 0.717) is 12.2 Å². The molecular formula is C7H10N6. The molecule has 2 aromatic heterocycles. The summed E-state index contributed by atoms with van der Waals surface area (Å²) in [7, 11) is 1.78. The molecule has 0 spiro atoms. The van der Waals surface area contributed by atoms with Crippen LogP contribution >= 0.6 is 0 Å². The van der Waals surface area contributed by atoms with Gasteiger partial charge >= 0.3 is 0 Å². The topological polar surface area (TPSA) is 74.5 Å². The summed E-state index contributed by atoms with van der Waals surface area (Å²) in [6, 6.07) is 0. The minimum Gasteiger partial charge on any atom is -0.396 e. The van der Waals surface area contributed by atoms with Gasteiger partial charge in [0.2, 0.25) is 0 Å². The number of aromatic nitrogens is 5. The molecule has 6 heteroatoms. The molecule has 2 heterocycles. The van der Waals surface area contributed by atoms with Crippen molar-refractivity contribution in [2.75, 3.05) is 5.73 Å². The molecule has 0 aliphatic carbocycles. The Kier molecular flexibility index (Phi) is 1.73. The van der Waals surface area contributed by atoms with Crippen molar-refractivity contribution >= 4 is 5.69 Å². The van der Waals surface area contributed by atoms with Crippen LogP contribution in [0.1, 0.15) is 5.69 Å². The molecule has 0 atom stereocenters. The molecule has 0 amide bonds. The third-order valence-corrected chi connectivity index (χ3v) is 1.62. The van der Waals surface area contributed by atoms with Crippen LogP contribution in [0, 0.1) is 0 Å². The molecule has 0 saturated heterocycles. The Morgan fingerprint density at radius 3 is 2.77 bits per heavy atom. The van der Waals surface area contributed by atoms with Gasteiger partial charge in [-0.15, -0.1) is 0 Å². The van der Waals surface area contributed by atoms with Gasteiger partial charge in [0.1, 0.15) is 5.69 Å². The van der Waals surface area contributed by atoms with Crippen LogP contribution in [0.15, 0.2) is 18.6 Å². The summed E-state index contributed by atoms with van der Waals surface area (Å²) < 4.78 is 1.72. The molecule has 0 aliphatic rings. The Labute approximate surface area is 75.0 Å². The maximum absolute atomic E-state index is 5.51. The van der Waals surface area contributed by atoms with Crippen molar-refractivity contribution in [1.82, 2.24) is 24.8 Å². The summed E-state index contributed by atoms with van der Waals surface area (Å²) in [5, 5.41) is 12.1. The molecule has 0 aliphatic heterocycles. The molecule has 2 rings (SSSR count). The van der Waals surface area contributed by atoms with Crippen LogP contribution in [-0.2, 0) is 13.6 Å². The highest BCUT2D eigenvalue weighted by molar-refractivity contribution is 5.30. The normalized spacial score (nSPS) is 10.5. The zero-order valence-corrected chi connectivity index (χ0v) is 7.25. The van der Waals surface area contributed by atoms with Gasteiger partial charge in [-0.1, -0.05) is 0 Å². The molecule has 0 bridgehead atoms. The van der Waals surface area contributed by atoms with Crippen molar-refractivity contribution in [3.63, 3.8) is 0 Å². The predicted octanol–water partition coefficient (Wildman–Crippen LogP) is -0.358. The van der Waals surface area contributed by atoms with Gasteiger partial charge in [0.15, 0.2) is 0 Å². The zero-order valence-electron chi connectivity index (χ0n) is 7.25. The summed E-state index contributed by atoms with van der Waals surface area (Å²) >= 11 is 0. The maximum atomic E-state index is 5.51. The Hall–Kier alpha value is -1.85. The number of nitrogen functional groups attached to an aromatic ring is 1. The number of nitrogens with zero attached hydrogens (tertiary/aromatic N) is 5. The second-order valence-corrected chi connectivity index (χ2v) is 2.80. The molecule has 0 unspecified atom stereocenters. The van der Waals surface area contributed by atoms with Crippen LogP contribution in [0.3, 0.4) is 0 Å². The van der Waals surface area contributed by atoms with Crippen molar-refractivity contribution in [3.8, 4) is 0 Å². The van der Waals surface area contributed by atoms with E-state index in [9.17, 15) is 0 Å². The van der Waals surface area contributed by atoms with Crippen LogP contribution in [0.25, 0.3) is 0 Å². The molecule has 0 saturated carbocycles. The van der Waals surface area contributed by atoms with E-state index in [0.717, 1.165) is 5.69 Å². The Balaban J connectivity index is 2.14. The molecule has 2 N–H and O–H groups in total. The van der Waals surface area contributed by atoms with Gasteiger partial charge in [-0.2, -0.15) is 20.1 Å². The summed E-state index contributed by atoms with van der Waals surface area (Å²) in [6.07, 6.45) is 5.07. The molecule has 2 aromatic rings. The lowest BCUT2D eigenvalue weighted by Crippen LogP contribution is -2.01. The highest BCUT2D eigenvalue weighted by atomic mass is 15.5. The molecule has 0 aromatic carbocycles. The lowest BCUT2D eigenvalue weighted by Gasteiger charge is -1.94. The first kappa shape index (κ1) is 7.78. The summed E-state index contributed by atoms with van der Waals surface area (Å²) in [5.41, 5.74) is 7.04. The molecule has 6 nitrogen and oxygen atoms in total. The van der Waals surface area contributed by atoms with E-state index in [-0.39, 0.29) is 0 Å². The predicted molar refractivity (Wildman–Crippen MR) is 46.7 cm³/mol. The molecule has 0 fully saturated rings. The van der Waals surface area contributed by atoms with Gasteiger partial charge in [-0.25, -0.2) is 0 Å². The molecule has 68 valence electrons. The number of nitrogens with two attached hydrogens (primary N) is 1. The number of rotatable bonds is 2. The van der Waals surface area contributed by atoms with Crippen LogP contribution in [0.2, 0.25) is 0 Å². The Bertz CT molecular complexity index is 362. The monoisotopic (exact) mass is 178 g/mol. The quantitative estimate of drug-likeness (QED) is 0.681. The fraction of sp³-hybridized carbons (Fsp3) is 0.286. The standard InChI is InChI=1S/C7H10N6/c1-12-9-3-7(11-12)5-13-4-6(8)2-10-13/h2-4H,5,8H2,1H3. The van der Waals surface area contributed by atoms with Gasteiger partial charge in [0.25, 0.3) is 0 Å². The number of anilines is 1. The van der Waals surface area contributed by atoms with E-state index < -0.39 is 0 Å². The second kappa shape index (κ2) is 2.89.